The topological polar surface area (TPSA) is 91.9 Å². The van der Waals surface area contributed by atoms with Crippen LogP contribution in [0.1, 0.15) is 5.56 Å². The lowest BCUT2D eigenvalue weighted by Gasteiger charge is -2.00. The summed E-state index contributed by atoms with van der Waals surface area (Å²) >= 11 is 0. The van der Waals surface area contributed by atoms with Crippen LogP contribution in [0.15, 0.2) is 17.2 Å². The van der Waals surface area contributed by atoms with Crippen molar-refractivity contribution in [3.05, 3.63) is 44.1 Å². The van der Waals surface area contributed by atoms with Crippen LogP contribution >= 0.6 is 0 Å². The van der Waals surface area contributed by atoms with E-state index >= 15 is 0 Å². The van der Waals surface area contributed by atoms with Crippen LogP contribution in [0.2, 0.25) is 0 Å². The highest BCUT2D eigenvalue weighted by atomic mass is 19.1. The number of halogens is 1. The Kier molecular flexibility index (Phi) is 2.64. The van der Waals surface area contributed by atoms with Crippen molar-refractivity contribution in [2.24, 2.45) is 5.11 Å². The number of rotatable bonds is 2. The zero-order valence-electron chi connectivity index (χ0n) is 7.14. The Bertz CT molecular complexity index is 413. The Morgan fingerprint density at radius 1 is 1.64 bits per heavy atom. The summed E-state index contributed by atoms with van der Waals surface area (Å²) < 4.78 is 13.2. The van der Waals surface area contributed by atoms with Gasteiger partial charge in [-0.15, -0.1) is 0 Å². The average Bonchev–Trinajstić information content (AvgIpc) is 2.13. The molecule has 0 fully saturated rings. The van der Waals surface area contributed by atoms with Crippen molar-refractivity contribution in [1.82, 2.24) is 0 Å². The molecule has 0 atom stereocenters. The molecule has 0 saturated heterocycles. The molecule has 1 aromatic carbocycles. The van der Waals surface area contributed by atoms with Gasteiger partial charge < -0.3 is 0 Å². The van der Waals surface area contributed by atoms with Crippen molar-refractivity contribution in [3.63, 3.8) is 0 Å². The molecule has 0 N–H and O–H groups in total. The van der Waals surface area contributed by atoms with Gasteiger partial charge >= 0.3 is 5.69 Å². The standard InChI is InChI=1S/C7H5FN4O2/c1-4-5(10-11-9)2-3-6(7(4)8)12(13)14/h2-3H,1H3. The van der Waals surface area contributed by atoms with Crippen LogP contribution in [0.4, 0.5) is 15.8 Å². The zero-order valence-corrected chi connectivity index (χ0v) is 7.14. The molecule has 1 aromatic rings. The molecular weight excluding hydrogens is 191 g/mol. The minimum absolute atomic E-state index is 0.0306. The normalized spacial score (nSPS) is 9.29. The van der Waals surface area contributed by atoms with E-state index in [-0.39, 0.29) is 11.3 Å². The molecule has 0 bridgehead atoms. The van der Waals surface area contributed by atoms with Gasteiger partial charge in [-0.25, -0.2) is 0 Å². The van der Waals surface area contributed by atoms with E-state index in [0.29, 0.717) is 0 Å². The number of nitro benzene ring substituents is 1. The second-order valence-electron chi connectivity index (χ2n) is 2.49. The van der Waals surface area contributed by atoms with Crippen molar-refractivity contribution in [2.45, 2.75) is 6.92 Å². The monoisotopic (exact) mass is 196 g/mol. The van der Waals surface area contributed by atoms with E-state index in [0.717, 1.165) is 6.07 Å². The van der Waals surface area contributed by atoms with Gasteiger partial charge in [-0.1, -0.05) is 5.11 Å². The number of benzene rings is 1. The van der Waals surface area contributed by atoms with E-state index < -0.39 is 16.4 Å². The Labute approximate surface area is 77.7 Å². The smallest absolute Gasteiger partial charge is 0.258 e. The first-order valence-corrected chi connectivity index (χ1v) is 3.56. The molecule has 0 amide bonds. The molecule has 0 spiro atoms. The van der Waals surface area contributed by atoms with Crippen LogP contribution in [0.25, 0.3) is 10.4 Å². The molecule has 0 radical (unpaired) electrons. The molecule has 0 aliphatic heterocycles. The van der Waals surface area contributed by atoms with Gasteiger partial charge in [0.2, 0.25) is 5.82 Å². The van der Waals surface area contributed by atoms with Gasteiger partial charge in [0, 0.05) is 22.2 Å². The number of hydrogen-bond acceptors (Lipinski definition) is 3. The highest BCUT2D eigenvalue weighted by Crippen LogP contribution is 2.28. The number of hydrogen-bond donors (Lipinski definition) is 0. The maximum absolute atomic E-state index is 13.2. The first-order valence-electron chi connectivity index (χ1n) is 3.56. The van der Waals surface area contributed by atoms with Gasteiger partial charge in [0.15, 0.2) is 0 Å². The van der Waals surface area contributed by atoms with Crippen molar-refractivity contribution in [3.8, 4) is 0 Å². The largest absolute Gasteiger partial charge is 0.305 e. The Balaban J connectivity index is 3.40. The molecule has 0 heterocycles. The highest BCUT2D eigenvalue weighted by Gasteiger charge is 2.17. The SMILES string of the molecule is Cc1c(N=[N+]=[N-])ccc([N+](=O)[O-])c1F. The summed E-state index contributed by atoms with van der Waals surface area (Å²) in [6, 6.07) is 2.17. The van der Waals surface area contributed by atoms with Crippen molar-refractivity contribution in [2.75, 3.05) is 0 Å². The maximum Gasteiger partial charge on any atom is 0.305 e. The summed E-state index contributed by atoms with van der Waals surface area (Å²) in [6.07, 6.45) is 0. The number of azide groups is 1. The lowest BCUT2D eigenvalue weighted by molar-refractivity contribution is -0.387. The molecule has 0 aromatic heterocycles. The third-order valence-electron chi connectivity index (χ3n) is 1.69. The van der Waals surface area contributed by atoms with Crippen molar-refractivity contribution in [1.29, 1.82) is 0 Å². The Hall–Kier alpha value is -2.14. The average molecular weight is 196 g/mol. The predicted octanol–water partition coefficient (Wildman–Crippen LogP) is 2.98. The van der Waals surface area contributed by atoms with Gasteiger partial charge in [0.05, 0.1) is 4.92 Å². The van der Waals surface area contributed by atoms with E-state index in [2.05, 4.69) is 10.0 Å². The van der Waals surface area contributed by atoms with Crippen molar-refractivity contribution < 1.29 is 9.31 Å². The minimum atomic E-state index is -0.972. The van der Waals surface area contributed by atoms with Gasteiger partial charge in [0.1, 0.15) is 0 Å². The first kappa shape index (κ1) is 9.94. The molecule has 14 heavy (non-hydrogen) atoms. The molecule has 6 nitrogen and oxygen atoms in total. The van der Waals surface area contributed by atoms with E-state index in [1.54, 1.807) is 0 Å². The molecule has 1 rings (SSSR count). The second kappa shape index (κ2) is 3.71. The molecule has 72 valence electrons. The van der Waals surface area contributed by atoms with Crippen LogP contribution in [-0.2, 0) is 0 Å². The zero-order chi connectivity index (χ0) is 10.7. The third kappa shape index (κ3) is 1.62. The van der Waals surface area contributed by atoms with E-state index in [9.17, 15) is 14.5 Å². The quantitative estimate of drug-likeness (QED) is 0.239. The number of nitro groups is 1. The van der Waals surface area contributed by atoms with Crippen LogP contribution in [0.3, 0.4) is 0 Å². The molecular formula is C7H5FN4O2. The van der Waals surface area contributed by atoms with Gasteiger partial charge in [-0.3, -0.25) is 10.1 Å². The summed E-state index contributed by atoms with van der Waals surface area (Å²) in [4.78, 5) is 11.9. The van der Waals surface area contributed by atoms with E-state index in [1.165, 1.54) is 13.0 Å². The van der Waals surface area contributed by atoms with Crippen LogP contribution in [0.5, 0.6) is 0 Å². The summed E-state index contributed by atoms with van der Waals surface area (Å²) in [7, 11) is 0. The molecule has 7 heteroatoms. The first-order chi connectivity index (χ1) is 6.57. The van der Waals surface area contributed by atoms with Gasteiger partial charge in [-0.2, -0.15) is 4.39 Å². The second-order valence-corrected chi connectivity index (χ2v) is 2.49. The van der Waals surface area contributed by atoms with E-state index in [4.69, 9.17) is 5.53 Å². The molecule has 0 aliphatic rings. The third-order valence-corrected chi connectivity index (χ3v) is 1.69. The van der Waals surface area contributed by atoms with Gasteiger partial charge in [0.25, 0.3) is 0 Å². The van der Waals surface area contributed by atoms with Crippen molar-refractivity contribution >= 4 is 11.4 Å². The van der Waals surface area contributed by atoms with E-state index in [1.807, 2.05) is 0 Å². The molecule has 0 aliphatic carbocycles. The highest BCUT2D eigenvalue weighted by molar-refractivity contribution is 5.52. The molecule has 0 unspecified atom stereocenters. The lowest BCUT2D eigenvalue weighted by Crippen LogP contribution is -1.94. The molecule has 0 saturated carbocycles. The summed E-state index contributed by atoms with van der Waals surface area (Å²) in [5.41, 5.74) is 7.51. The maximum atomic E-state index is 13.2. The van der Waals surface area contributed by atoms with Crippen LogP contribution < -0.4 is 0 Å². The minimum Gasteiger partial charge on any atom is -0.258 e. The number of nitrogens with zero attached hydrogens (tertiary/aromatic N) is 4. The summed E-state index contributed by atoms with van der Waals surface area (Å²) in [6.45, 7) is 1.31. The Morgan fingerprint density at radius 3 is 2.79 bits per heavy atom. The van der Waals surface area contributed by atoms with Gasteiger partial charge in [-0.05, 0) is 18.5 Å². The van der Waals surface area contributed by atoms with Crippen LogP contribution in [0, 0.1) is 22.9 Å². The fraction of sp³-hybridized carbons (Fsp3) is 0.143. The lowest BCUT2D eigenvalue weighted by atomic mass is 10.1. The predicted molar refractivity (Wildman–Crippen MR) is 46.6 cm³/mol. The van der Waals surface area contributed by atoms with Crippen LogP contribution in [-0.4, -0.2) is 4.92 Å². The summed E-state index contributed by atoms with van der Waals surface area (Å²) in [5.74, 6) is -0.972. The fourth-order valence-electron chi connectivity index (χ4n) is 0.958. The Morgan fingerprint density at radius 2 is 2.29 bits per heavy atom. The fourth-order valence-corrected chi connectivity index (χ4v) is 0.958. The summed E-state index contributed by atoms with van der Waals surface area (Å²) in [5, 5.41) is 13.5.